The minimum absolute atomic E-state index is 0.0392. The molecule has 1 N–H and O–H groups in total. The lowest BCUT2D eigenvalue weighted by atomic mass is 9.99. The highest BCUT2D eigenvalue weighted by Crippen LogP contribution is 2.32. The number of rotatable bonds is 2. The van der Waals surface area contributed by atoms with Gasteiger partial charge in [-0.15, -0.1) is 0 Å². The molecule has 22 heavy (non-hydrogen) atoms. The molecule has 1 aromatic carbocycles. The number of fused-ring (bicyclic) bond motifs is 1. The summed E-state index contributed by atoms with van der Waals surface area (Å²) in [6, 6.07) is 2.56. The van der Waals surface area contributed by atoms with E-state index in [0.717, 1.165) is 18.1 Å². The average molecular weight is 326 g/mol. The monoisotopic (exact) mass is 325 g/mol. The van der Waals surface area contributed by atoms with Crippen molar-refractivity contribution in [2.75, 3.05) is 12.0 Å². The third-order valence-corrected chi connectivity index (χ3v) is 3.79. The quantitative estimate of drug-likeness (QED) is 0.631. The zero-order valence-electron chi connectivity index (χ0n) is 11.2. The Bertz CT molecular complexity index is 736. The first kappa shape index (κ1) is 14.5. The molecule has 0 radical (unpaired) electrons. The van der Waals surface area contributed by atoms with Crippen LogP contribution >= 0.6 is 11.6 Å². The Kier molecular flexibility index (Phi) is 3.32. The minimum Gasteiger partial charge on any atom is -0.464 e. The van der Waals surface area contributed by atoms with Crippen molar-refractivity contribution in [2.24, 2.45) is 11.0 Å². The van der Waals surface area contributed by atoms with Crippen molar-refractivity contribution in [3.05, 3.63) is 29.0 Å². The summed E-state index contributed by atoms with van der Waals surface area (Å²) in [4.78, 5) is 37.2. The minimum atomic E-state index is -1.08. The maximum atomic E-state index is 13.5. The fourth-order valence-corrected chi connectivity index (χ4v) is 2.56. The molecule has 0 aliphatic carbocycles. The Hall–Kier alpha value is -2.48. The number of anilines is 1. The molecule has 2 heterocycles. The summed E-state index contributed by atoms with van der Waals surface area (Å²) in [6.45, 7) is 0. The normalized spacial score (nSPS) is 23.2. The zero-order valence-corrected chi connectivity index (χ0v) is 11.9. The second-order valence-corrected chi connectivity index (χ2v) is 5.09. The Balaban J connectivity index is 1.98. The summed E-state index contributed by atoms with van der Waals surface area (Å²) < 4.78 is 18.1. The highest BCUT2D eigenvalue weighted by atomic mass is 35.5. The number of carbonyl (C=O) groups excluding carboxylic acids is 3. The first-order chi connectivity index (χ1) is 10.5. The van der Waals surface area contributed by atoms with E-state index in [4.69, 9.17) is 11.6 Å². The van der Waals surface area contributed by atoms with Gasteiger partial charge in [0, 0.05) is 0 Å². The van der Waals surface area contributed by atoms with E-state index in [1.54, 1.807) is 0 Å². The number of benzene rings is 1. The topological polar surface area (TPSA) is 88.1 Å². The molecule has 2 aliphatic rings. The van der Waals surface area contributed by atoms with Crippen LogP contribution in [0.1, 0.15) is 0 Å². The van der Waals surface area contributed by atoms with E-state index in [9.17, 15) is 18.8 Å². The molecule has 0 unspecified atom stereocenters. The first-order valence-electron chi connectivity index (χ1n) is 6.20. The van der Waals surface area contributed by atoms with Gasteiger partial charge in [0.1, 0.15) is 17.8 Å². The molecule has 0 saturated carbocycles. The molecular weight excluding hydrogens is 317 g/mol. The third kappa shape index (κ3) is 1.95. The molecule has 2 aliphatic heterocycles. The predicted octanol–water partition coefficient (Wildman–Crippen LogP) is 0.469. The molecule has 1 saturated heterocycles. The summed E-state index contributed by atoms with van der Waals surface area (Å²) in [5.74, 6) is -3.94. The molecule has 0 spiro atoms. The highest BCUT2D eigenvalue weighted by molar-refractivity contribution is 6.46. The SMILES string of the molecule is COC(=O)C1=NN[C@H]2C(=O)N(c3ccc(Cl)c(F)c3)C(=O)[C@@H]12. The molecule has 7 nitrogen and oxygen atoms in total. The first-order valence-corrected chi connectivity index (χ1v) is 6.57. The number of methoxy groups -OCH3 is 1. The summed E-state index contributed by atoms with van der Waals surface area (Å²) in [7, 11) is 1.14. The third-order valence-electron chi connectivity index (χ3n) is 3.48. The van der Waals surface area contributed by atoms with E-state index < -0.39 is 35.6 Å². The van der Waals surface area contributed by atoms with Crippen molar-refractivity contribution < 1.29 is 23.5 Å². The molecule has 1 fully saturated rings. The number of esters is 1. The van der Waals surface area contributed by atoms with Gasteiger partial charge in [-0.1, -0.05) is 11.6 Å². The number of halogens is 2. The van der Waals surface area contributed by atoms with Crippen LogP contribution in [-0.4, -0.2) is 36.6 Å². The lowest BCUT2D eigenvalue weighted by Crippen LogP contribution is -2.36. The number of ether oxygens (including phenoxy) is 1. The molecule has 0 aromatic heterocycles. The summed E-state index contributed by atoms with van der Waals surface area (Å²) in [5, 5.41) is 3.55. The van der Waals surface area contributed by atoms with E-state index in [1.807, 2.05) is 0 Å². The number of nitrogens with zero attached hydrogens (tertiary/aromatic N) is 2. The van der Waals surface area contributed by atoms with Crippen molar-refractivity contribution in [1.82, 2.24) is 5.43 Å². The second kappa shape index (κ2) is 5.06. The van der Waals surface area contributed by atoms with Crippen LogP contribution in [0.25, 0.3) is 0 Å². The Labute approximate surface area is 128 Å². The van der Waals surface area contributed by atoms with Crippen molar-refractivity contribution >= 4 is 40.8 Å². The lowest BCUT2D eigenvalue weighted by Gasteiger charge is -2.15. The van der Waals surface area contributed by atoms with Crippen molar-refractivity contribution in [2.45, 2.75) is 6.04 Å². The van der Waals surface area contributed by atoms with Gasteiger partial charge in [0.05, 0.1) is 17.8 Å². The second-order valence-electron chi connectivity index (χ2n) is 4.68. The van der Waals surface area contributed by atoms with E-state index >= 15 is 0 Å². The highest BCUT2D eigenvalue weighted by Gasteiger charge is 2.55. The van der Waals surface area contributed by atoms with E-state index in [2.05, 4.69) is 15.3 Å². The van der Waals surface area contributed by atoms with Gasteiger partial charge in [0.25, 0.3) is 5.91 Å². The number of imide groups is 1. The van der Waals surface area contributed by atoms with Gasteiger partial charge >= 0.3 is 5.97 Å². The Morgan fingerprint density at radius 1 is 1.41 bits per heavy atom. The van der Waals surface area contributed by atoms with Crippen molar-refractivity contribution in [1.29, 1.82) is 0 Å². The smallest absolute Gasteiger partial charge is 0.355 e. The molecule has 2 atom stereocenters. The summed E-state index contributed by atoms with van der Waals surface area (Å²) >= 11 is 5.58. The number of nitrogens with one attached hydrogen (secondary N) is 1. The molecule has 1 aromatic rings. The fourth-order valence-electron chi connectivity index (χ4n) is 2.44. The largest absolute Gasteiger partial charge is 0.464 e. The summed E-state index contributed by atoms with van der Waals surface area (Å²) in [5.41, 5.74) is 2.31. The van der Waals surface area contributed by atoms with E-state index in [0.29, 0.717) is 0 Å². The van der Waals surface area contributed by atoms with Crippen molar-refractivity contribution in [3.63, 3.8) is 0 Å². The van der Waals surface area contributed by atoms with Gasteiger partial charge in [-0.05, 0) is 18.2 Å². The lowest BCUT2D eigenvalue weighted by molar-refractivity contribution is -0.133. The maximum Gasteiger partial charge on any atom is 0.355 e. The van der Waals surface area contributed by atoms with Crippen LogP contribution < -0.4 is 10.3 Å². The predicted molar refractivity (Wildman–Crippen MR) is 73.8 cm³/mol. The van der Waals surface area contributed by atoms with E-state index in [1.165, 1.54) is 12.1 Å². The number of hydrogen-bond donors (Lipinski definition) is 1. The van der Waals surface area contributed by atoms with Crippen molar-refractivity contribution in [3.8, 4) is 0 Å². The standard InChI is InChI=1S/C13H9ClFN3O4/c1-22-13(21)10-8-9(16-17-10)12(20)18(11(8)19)5-2-3-6(14)7(15)4-5/h2-4,8-9,16H,1H3/t8-,9-/m1/s1. The van der Waals surface area contributed by atoms with E-state index in [-0.39, 0.29) is 16.4 Å². The van der Waals surface area contributed by atoms with Gasteiger partial charge in [-0.2, -0.15) is 5.10 Å². The zero-order chi connectivity index (χ0) is 16.0. The van der Waals surface area contributed by atoms with Gasteiger partial charge < -0.3 is 4.74 Å². The van der Waals surface area contributed by atoms with Crippen LogP contribution in [0, 0.1) is 11.7 Å². The van der Waals surface area contributed by atoms with Crippen LogP contribution in [0.2, 0.25) is 5.02 Å². The molecule has 3 rings (SSSR count). The number of hydrazone groups is 1. The molecule has 9 heteroatoms. The van der Waals surface area contributed by atoms with Crippen LogP contribution in [-0.2, 0) is 19.1 Å². The maximum absolute atomic E-state index is 13.5. The van der Waals surface area contributed by atoms with Gasteiger partial charge in [-0.25, -0.2) is 14.1 Å². The molecule has 0 bridgehead atoms. The Morgan fingerprint density at radius 2 is 2.14 bits per heavy atom. The van der Waals surface area contributed by atoms with Crippen LogP contribution in [0.15, 0.2) is 23.3 Å². The fraction of sp³-hybridized carbons (Fsp3) is 0.231. The van der Waals surface area contributed by atoms with Crippen LogP contribution in [0.3, 0.4) is 0 Å². The number of carbonyl (C=O) groups is 3. The van der Waals surface area contributed by atoms with Crippen LogP contribution in [0.5, 0.6) is 0 Å². The Morgan fingerprint density at radius 3 is 2.77 bits per heavy atom. The van der Waals surface area contributed by atoms with Crippen LogP contribution in [0.4, 0.5) is 10.1 Å². The molecular formula is C13H9ClFN3O4. The number of hydrogen-bond acceptors (Lipinski definition) is 6. The van der Waals surface area contributed by atoms with Gasteiger partial charge in [0.2, 0.25) is 5.91 Å². The average Bonchev–Trinajstić information content (AvgIpc) is 3.03. The summed E-state index contributed by atoms with van der Waals surface area (Å²) in [6.07, 6.45) is 0. The van der Waals surface area contributed by atoms with Gasteiger partial charge in [0.15, 0.2) is 5.71 Å². The number of amides is 2. The van der Waals surface area contributed by atoms with Gasteiger partial charge in [-0.3, -0.25) is 15.0 Å². The molecule has 114 valence electrons. The molecule has 2 amide bonds.